The lowest BCUT2D eigenvalue weighted by Gasteiger charge is -2.20. The summed E-state index contributed by atoms with van der Waals surface area (Å²) in [6, 6.07) is 0. The highest BCUT2D eigenvalue weighted by Crippen LogP contribution is 2.02. The third kappa shape index (κ3) is 3.97. The van der Waals surface area contributed by atoms with E-state index in [1.165, 1.54) is 0 Å². The van der Waals surface area contributed by atoms with Crippen LogP contribution in [0.1, 0.15) is 6.92 Å². The van der Waals surface area contributed by atoms with Gasteiger partial charge in [0.25, 0.3) is 0 Å². The first-order valence-electron chi connectivity index (χ1n) is 3.62. The number of rotatable bonds is 5. The summed E-state index contributed by atoms with van der Waals surface area (Å²) in [7, 11) is 0. The summed E-state index contributed by atoms with van der Waals surface area (Å²) in [6.45, 7) is 0.349. The number of esters is 1. The summed E-state index contributed by atoms with van der Waals surface area (Å²) < 4.78 is 4.36. The van der Waals surface area contributed by atoms with Crippen LogP contribution in [0, 0.1) is 0 Å². The minimum absolute atomic E-state index is 0.185. The van der Waals surface area contributed by atoms with Crippen LogP contribution in [0.5, 0.6) is 0 Å². The van der Waals surface area contributed by atoms with Gasteiger partial charge < -0.3 is 20.1 Å². The van der Waals surface area contributed by atoms with E-state index in [2.05, 4.69) is 4.74 Å². The topological polar surface area (TPSA) is 104 Å². The van der Waals surface area contributed by atoms with Crippen LogP contribution in [0.4, 0.5) is 0 Å². The zero-order valence-corrected chi connectivity index (χ0v) is 7.08. The molecule has 0 radical (unpaired) electrons. The van der Waals surface area contributed by atoms with Crippen molar-refractivity contribution in [1.82, 2.24) is 0 Å². The number of aliphatic hydroxyl groups excluding tert-OH is 3. The number of ether oxygens (including phenoxy) is 1. The van der Waals surface area contributed by atoms with Crippen LogP contribution in [0.3, 0.4) is 0 Å². The van der Waals surface area contributed by atoms with Gasteiger partial charge in [0.15, 0.2) is 12.4 Å². The molecule has 0 bridgehead atoms. The molecule has 13 heavy (non-hydrogen) atoms. The monoisotopic (exact) mass is 192 g/mol. The Bertz CT molecular complexity index is 180. The molecule has 0 amide bonds. The van der Waals surface area contributed by atoms with E-state index in [9.17, 15) is 9.59 Å². The SMILES string of the molecule is CC(=O)O[C@@H](C=O)[C@H](O)[C@H](O)CO. The third-order valence-corrected chi connectivity index (χ3v) is 1.35. The molecule has 6 heteroatoms. The average Bonchev–Trinajstić information content (AvgIpc) is 2.11. The molecule has 0 aliphatic rings. The summed E-state index contributed by atoms with van der Waals surface area (Å²) in [5.74, 6) is -0.749. The lowest BCUT2D eigenvalue weighted by atomic mass is 10.1. The van der Waals surface area contributed by atoms with E-state index in [1.54, 1.807) is 0 Å². The molecule has 0 unspecified atom stereocenters. The zero-order chi connectivity index (χ0) is 10.4. The van der Waals surface area contributed by atoms with Gasteiger partial charge >= 0.3 is 5.97 Å². The van der Waals surface area contributed by atoms with Crippen molar-refractivity contribution in [3.63, 3.8) is 0 Å². The quantitative estimate of drug-likeness (QED) is 0.338. The maximum Gasteiger partial charge on any atom is 0.303 e. The van der Waals surface area contributed by atoms with E-state index in [1.807, 2.05) is 0 Å². The predicted octanol–water partition coefficient (Wildman–Crippen LogP) is -2.17. The van der Waals surface area contributed by atoms with Crippen LogP contribution in [0.2, 0.25) is 0 Å². The molecule has 3 N–H and O–H groups in total. The van der Waals surface area contributed by atoms with E-state index in [-0.39, 0.29) is 6.29 Å². The smallest absolute Gasteiger partial charge is 0.303 e. The Hall–Kier alpha value is -0.980. The summed E-state index contributed by atoms with van der Waals surface area (Å²) in [5.41, 5.74) is 0. The van der Waals surface area contributed by atoms with Crippen LogP contribution in [-0.2, 0) is 14.3 Å². The molecule has 0 spiro atoms. The van der Waals surface area contributed by atoms with Gasteiger partial charge in [-0.25, -0.2) is 0 Å². The molecule has 6 nitrogen and oxygen atoms in total. The second-order valence-corrected chi connectivity index (χ2v) is 2.45. The van der Waals surface area contributed by atoms with Gasteiger partial charge in [0.05, 0.1) is 6.61 Å². The van der Waals surface area contributed by atoms with Gasteiger partial charge in [-0.15, -0.1) is 0 Å². The van der Waals surface area contributed by atoms with Gasteiger partial charge in [-0.2, -0.15) is 0 Å². The summed E-state index contributed by atoms with van der Waals surface area (Å²) in [4.78, 5) is 20.7. The van der Waals surface area contributed by atoms with E-state index in [0.717, 1.165) is 6.92 Å². The number of aliphatic hydroxyl groups is 3. The Labute approximate surface area is 74.7 Å². The molecule has 0 saturated carbocycles. The van der Waals surface area contributed by atoms with Crippen molar-refractivity contribution in [2.24, 2.45) is 0 Å². The van der Waals surface area contributed by atoms with Gasteiger partial charge in [-0.1, -0.05) is 0 Å². The van der Waals surface area contributed by atoms with Gasteiger partial charge in [-0.05, 0) is 0 Å². The fraction of sp³-hybridized carbons (Fsp3) is 0.714. The number of hydrogen-bond donors (Lipinski definition) is 3. The van der Waals surface area contributed by atoms with Crippen molar-refractivity contribution in [2.45, 2.75) is 25.2 Å². The van der Waals surface area contributed by atoms with E-state index >= 15 is 0 Å². The summed E-state index contributed by atoms with van der Waals surface area (Å²) in [6.07, 6.45) is -4.37. The molecule has 3 atom stereocenters. The van der Waals surface area contributed by atoms with Crippen LogP contribution in [0.15, 0.2) is 0 Å². The normalized spacial score (nSPS) is 17.2. The highest BCUT2D eigenvalue weighted by atomic mass is 16.6. The van der Waals surface area contributed by atoms with Gasteiger partial charge in [0.1, 0.15) is 12.2 Å². The Morgan fingerprint density at radius 3 is 2.38 bits per heavy atom. The molecule has 0 heterocycles. The molecule has 0 aromatic heterocycles. The summed E-state index contributed by atoms with van der Waals surface area (Å²) >= 11 is 0. The first-order chi connectivity index (χ1) is 6.02. The van der Waals surface area contributed by atoms with Gasteiger partial charge in [0.2, 0.25) is 0 Å². The fourth-order valence-corrected chi connectivity index (χ4v) is 0.697. The van der Waals surface area contributed by atoms with Crippen molar-refractivity contribution in [2.75, 3.05) is 6.61 Å². The van der Waals surface area contributed by atoms with Gasteiger partial charge in [-0.3, -0.25) is 9.59 Å². The van der Waals surface area contributed by atoms with Crippen molar-refractivity contribution in [3.05, 3.63) is 0 Å². The number of aldehydes is 1. The van der Waals surface area contributed by atoms with Crippen molar-refractivity contribution in [3.8, 4) is 0 Å². The summed E-state index contributed by atoms with van der Waals surface area (Å²) in [5, 5.41) is 26.4. The number of hydrogen-bond acceptors (Lipinski definition) is 6. The molecule has 0 aromatic carbocycles. The molecule has 76 valence electrons. The highest BCUT2D eigenvalue weighted by Gasteiger charge is 2.27. The van der Waals surface area contributed by atoms with Crippen LogP contribution in [0.25, 0.3) is 0 Å². The largest absolute Gasteiger partial charge is 0.452 e. The average molecular weight is 192 g/mol. The predicted molar refractivity (Wildman–Crippen MR) is 40.7 cm³/mol. The molecule has 0 aliphatic carbocycles. The lowest BCUT2D eigenvalue weighted by molar-refractivity contribution is -0.161. The molecule has 0 fully saturated rings. The molecule has 0 aromatic rings. The lowest BCUT2D eigenvalue weighted by Crippen LogP contribution is -2.42. The van der Waals surface area contributed by atoms with E-state index in [0.29, 0.717) is 0 Å². The molecule has 0 rings (SSSR count). The molecular formula is C7H12O6. The number of carbonyl (C=O) groups is 2. The standard InChI is InChI=1S/C7H12O6/c1-4(10)13-6(3-9)7(12)5(11)2-8/h3,5-8,11-12H,2H2,1H3/t5-,6+,7-/m1/s1. The second-order valence-electron chi connectivity index (χ2n) is 2.45. The van der Waals surface area contributed by atoms with E-state index < -0.39 is 30.9 Å². The third-order valence-electron chi connectivity index (χ3n) is 1.35. The van der Waals surface area contributed by atoms with Crippen LogP contribution < -0.4 is 0 Å². The molecule has 0 aliphatic heterocycles. The van der Waals surface area contributed by atoms with Gasteiger partial charge in [0, 0.05) is 6.92 Å². The zero-order valence-electron chi connectivity index (χ0n) is 7.08. The Morgan fingerprint density at radius 1 is 1.54 bits per heavy atom. The first kappa shape index (κ1) is 12.0. The van der Waals surface area contributed by atoms with E-state index in [4.69, 9.17) is 15.3 Å². The highest BCUT2D eigenvalue weighted by molar-refractivity contribution is 5.70. The first-order valence-corrected chi connectivity index (χ1v) is 3.62. The van der Waals surface area contributed by atoms with Crippen molar-refractivity contribution in [1.29, 1.82) is 0 Å². The minimum Gasteiger partial charge on any atom is -0.452 e. The molecular weight excluding hydrogens is 180 g/mol. The van der Waals surface area contributed by atoms with Crippen LogP contribution >= 0.6 is 0 Å². The molecule has 0 saturated heterocycles. The second kappa shape index (κ2) is 5.63. The number of carbonyl (C=O) groups excluding carboxylic acids is 2. The Morgan fingerprint density at radius 2 is 2.08 bits per heavy atom. The fourth-order valence-electron chi connectivity index (χ4n) is 0.697. The Balaban J connectivity index is 4.21. The van der Waals surface area contributed by atoms with Crippen LogP contribution in [-0.4, -0.2) is 52.5 Å². The minimum atomic E-state index is -1.61. The maximum atomic E-state index is 10.4. The Kier molecular flexibility index (Phi) is 5.20. The maximum absolute atomic E-state index is 10.4. The van der Waals surface area contributed by atoms with Crippen molar-refractivity contribution >= 4 is 12.3 Å². The van der Waals surface area contributed by atoms with Crippen molar-refractivity contribution < 1.29 is 29.6 Å².